The normalized spacial score (nSPS) is 27.5. The molecule has 3 fully saturated rings. The summed E-state index contributed by atoms with van der Waals surface area (Å²) in [6.45, 7) is 1.86. The lowest BCUT2D eigenvalue weighted by atomic mass is 9.83. The molecule has 0 radical (unpaired) electrons. The maximum absolute atomic E-state index is 11.3. The van der Waals surface area contributed by atoms with E-state index in [9.17, 15) is 15.2 Å². The average Bonchev–Trinajstić information content (AvgIpc) is 2.97. The van der Waals surface area contributed by atoms with Gasteiger partial charge in [-0.3, -0.25) is 10.1 Å². The molecule has 1 aromatic carbocycles. The molecule has 7 heteroatoms. The van der Waals surface area contributed by atoms with E-state index in [-0.39, 0.29) is 18.4 Å². The Kier molecular flexibility index (Phi) is 2.97. The van der Waals surface area contributed by atoms with Gasteiger partial charge in [-0.2, -0.15) is 0 Å². The van der Waals surface area contributed by atoms with Crippen LogP contribution in [-0.2, 0) is 0 Å². The number of fused-ring (bicyclic) bond motifs is 4. The van der Waals surface area contributed by atoms with Crippen molar-refractivity contribution in [2.24, 2.45) is 5.92 Å². The summed E-state index contributed by atoms with van der Waals surface area (Å²) in [5, 5.41) is 21.7. The van der Waals surface area contributed by atoms with Crippen molar-refractivity contribution in [1.29, 1.82) is 0 Å². The minimum Gasteiger partial charge on any atom is -0.454 e. The van der Waals surface area contributed by atoms with Crippen molar-refractivity contribution < 1.29 is 19.5 Å². The highest BCUT2D eigenvalue weighted by Gasteiger charge is 2.37. The van der Waals surface area contributed by atoms with E-state index >= 15 is 0 Å². The number of ether oxygens (including phenoxy) is 2. The van der Waals surface area contributed by atoms with Crippen molar-refractivity contribution in [1.82, 2.24) is 4.90 Å². The lowest BCUT2D eigenvalue weighted by molar-refractivity contribution is -0.385. The van der Waals surface area contributed by atoms with Crippen LogP contribution in [-0.4, -0.2) is 40.9 Å². The number of nitro groups is 1. The fourth-order valence-corrected chi connectivity index (χ4v) is 3.46. The van der Waals surface area contributed by atoms with Crippen LogP contribution < -0.4 is 9.47 Å². The molecule has 4 aliphatic heterocycles. The molecule has 0 aromatic heterocycles. The minimum atomic E-state index is -0.549. The van der Waals surface area contributed by atoms with Crippen LogP contribution in [0.25, 0.3) is 6.08 Å². The van der Waals surface area contributed by atoms with Crippen LogP contribution in [0.2, 0.25) is 0 Å². The van der Waals surface area contributed by atoms with E-state index in [1.165, 1.54) is 6.07 Å². The fourth-order valence-electron chi connectivity index (χ4n) is 3.46. The van der Waals surface area contributed by atoms with E-state index < -0.39 is 11.0 Å². The highest BCUT2D eigenvalue weighted by molar-refractivity contribution is 5.69. The molecule has 0 saturated carbocycles. The predicted molar refractivity (Wildman–Crippen MR) is 77.5 cm³/mol. The van der Waals surface area contributed by atoms with E-state index in [1.54, 1.807) is 12.1 Å². The first-order valence-electron chi connectivity index (χ1n) is 7.36. The summed E-state index contributed by atoms with van der Waals surface area (Å²) in [6.07, 6.45) is 3.12. The highest BCUT2D eigenvalue weighted by Crippen LogP contribution is 2.41. The summed E-state index contributed by atoms with van der Waals surface area (Å²) >= 11 is 0. The molecule has 2 bridgehead atoms. The standard InChI is InChI=1S/C15H16N2O5/c18-15-9-1-3-16(4-2-9)12(15)5-10-6-13-14(22-8-21-13)7-11(10)17(19)20/h5-7,9,15,18H,1-4,8H2/b12-5-/t15-/m0/s1. The first-order valence-corrected chi connectivity index (χ1v) is 7.36. The topological polar surface area (TPSA) is 85.1 Å². The number of benzene rings is 1. The van der Waals surface area contributed by atoms with Gasteiger partial charge in [0.2, 0.25) is 6.79 Å². The van der Waals surface area contributed by atoms with Gasteiger partial charge in [0, 0.05) is 18.8 Å². The molecule has 4 aliphatic rings. The number of hydrogen-bond donors (Lipinski definition) is 1. The molecule has 7 nitrogen and oxygen atoms in total. The van der Waals surface area contributed by atoms with E-state index in [4.69, 9.17) is 9.47 Å². The highest BCUT2D eigenvalue weighted by atomic mass is 16.7. The minimum absolute atomic E-state index is 0.0356. The Labute approximate surface area is 126 Å². The van der Waals surface area contributed by atoms with Gasteiger partial charge in [-0.15, -0.1) is 0 Å². The lowest BCUT2D eigenvalue weighted by Gasteiger charge is -2.45. The van der Waals surface area contributed by atoms with E-state index in [2.05, 4.69) is 4.90 Å². The number of nitrogens with zero attached hydrogens (tertiary/aromatic N) is 2. The molecule has 0 aliphatic carbocycles. The zero-order valence-corrected chi connectivity index (χ0v) is 11.9. The number of rotatable bonds is 2. The second-order valence-electron chi connectivity index (χ2n) is 5.86. The third kappa shape index (κ3) is 2.00. The molecule has 5 rings (SSSR count). The van der Waals surface area contributed by atoms with E-state index in [0.717, 1.165) is 31.6 Å². The van der Waals surface area contributed by atoms with Gasteiger partial charge in [0.1, 0.15) is 0 Å². The monoisotopic (exact) mass is 304 g/mol. The molecule has 22 heavy (non-hydrogen) atoms. The van der Waals surface area contributed by atoms with Crippen LogP contribution in [0.5, 0.6) is 11.5 Å². The smallest absolute Gasteiger partial charge is 0.280 e. The Morgan fingerprint density at radius 3 is 2.59 bits per heavy atom. The molecule has 116 valence electrons. The first-order chi connectivity index (χ1) is 10.6. The maximum Gasteiger partial charge on any atom is 0.280 e. The van der Waals surface area contributed by atoms with Gasteiger partial charge in [-0.25, -0.2) is 0 Å². The van der Waals surface area contributed by atoms with E-state index in [0.29, 0.717) is 17.1 Å². The van der Waals surface area contributed by atoms with Crippen LogP contribution in [0.3, 0.4) is 0 Å². The number of aliphatic hydroxyl groups excluding tert-OH is 1. The molecule has 4 heterocycles. The Morgan fingerprint density at radius 2 is 1.95 bits per heavy atom. The van der Waals surface area contributed by atoms with Gasteiger partial charge in [-0.1, -0.05) is 0 Å². The second kappa shape index (κ2) is 4.88. The maximum atomic E-state index is 11.3. The summed E-state index contributed by atoms with van der Waals surface area (Å²) in [5.74, 6) is 1.15. The van der Waals surface area contributed by atoms with Crippen molar-refractivity contribution in [2.45, 2.75) is 18.9 Å². The lowest BCUT2D eigenvalue weighted by Crippen LogP contribution is -2.48. The zero-order valence-electron chi connectivity index (χ0n) is 11.9. The largest absolute Gasteiger partial charge is 0.454 e. The Hall–Kier alpha value is -2.28. The summed E-state index contributed by atoms with van der Waals surface area (Å²) in [7, 11) is 0. The third-order valence-electron chi connectivity index (χ3n) is 4.68. The first kappa shape index (κ1) is 13.4. The van der Waals surface area contributed by atoms with Gasteiger partial charge in [0.15, 0.2) is 11.5 Å². The van der Waals surface area contributed by atoms with E-state index in [1.807, 2.05) is 0 Å². The zero-order chi connectivity index (χ0) is 15.3. The van der Waals surface area contributed by atoms with Gasteiger partial charge in [0.05, 0.1) is 22.7 Å². The predicted octanol–water partition coefficient (Wildman–Crippen LogP) is 1.75. The quantitative estimate of drug-likeness (QED) is 0.662. The van der Waals surface area contributed by atoms with Crippen molar-refractivity contribution >= 4 is 11.8 Å². The van der Waals surface area contributed by atoms with Crippen LogP contribution >= 0.6 is 0 Å². The van der Waals surface area contributed by atoms with Gasteiger partial charge < -0.3 is 19.5 Å². The number of nitro benzene ring substituents is 1. The summed E-state index contributed by atoms with van der Waals surface area (Å²) in [5.41, 5.74) is 1.17. The Balaban J connectivity index is 1.79. The second-order valence-corrected chi connectivity index (χ2v) is 5.86. The van der Waals surface area contributed by atoms with Crippen molar-refractivity contribution in [2.75, 3.05) is 19.9 Å². The molecule has 0 spiro atoms. The van der Waals surface area contributed by atoms with Crippen molar-refractivity contribution in [3.8, 4) is 11.5 Å². The van der Waals surface area contributed by atoms with Crippen LogP contribution in [0.4, 0.5) is 5.69 Å². The van der Waals surface area contributed by atoms with Crippen molar-refractivity contribution in [3.63, 3.8) is 0 Å². The van der Waals surface area contributed by atoms with Crippen molar-refractivity contribution in [3.05, 3.63) is 33.5 Å². The van der Waals surface area contributed by atoms with Crippen LogP contribution in [0.1, 0.15) is 18.4 Å². The molecule has 1 N–H and O–H groups in total. The van der Waals surface area contributed by atoms with Crippen LogP contribution in [0.15, 0.2) is 17.8 Å². The Bertz CT molecular complexity index is 660. The molecule has 1 aromatic rings. The molecule has 0 amide bonds. The number of aliphatic hydroxyl groups is 1. The summed E-state index contributed by atoms with van der Waals surface area (Å²) < 4.78 is 10.5. The van der Waals surface area contributed by atoms with Crippen LogP contribution in [0, 0.1) is 16.0 Å². The number of hydrogen-bond acceptors (Lipinski definition) is 6. The Morgan fingerprint density at radius 1 is 1.27 bits per heavy atom. The summed E-state index contributed by atoms with van der Waals surface area (Å²) in [6, 6.07) is 3.00. The molecule has 3 saturated heterocycles. The fraction of sp³-hybridized carbons (Fsp3) is 0.467. The SMILES string of the molecule is O=[N+]([O-])c1cc2c(cc1/C=C1/[C@@H](O)C3CCN1CC3)OCO2. The molecule has 1 atom stereocenters. The van der Waals surface area contributed by atoms with Gasteiger partial charge >= 0.3 is 0 Å². The summed E-state index contributed by atoms with van der Waals surface area (Å²) in [4.78, 5) is 13.0. The molecular formula is C15H16N2O5. The third-order valence-corrected chi connectivity index (χ3v) is 4.68. The average molecular weight is 304 g/mol. The molecule has 0 unspecified atom stereocenters. The molecular weight excluding hydrogens is 288 g/mol. The number of piperidine rings is 3. The van der Waals surface area contributed by atoms with Gasteiger partial charge in [0.25, 0.3) is 5.69 Å². The van der Waals surface area contributed by atoms with Gasteiger partial charge in [-0.05, 0) is 30.9 Å².